The van der Waals surface area contributed by atoms with Gasteiger partial charge < -0.3 is 9.47 Å². The summed E-state index contributed by atoms with van der Waals surface area (Å²) in [4.78, 5) is 29.3. The van der Waals surface area contributed by atoms with E-state index in [2.05, 4.69) is 34.9 Å². The molecule has 1 aromatic heterocycles. The lowest BCUT2D eigenvalue weighted by Crippen LogP contribution is -2.21. The van der Waals surface area contributed by atoms with Gasteiger partial charge in [-0.1, -0.05) is 41.9 Å². The lowest BCUT2D eigenvalue weighted by atomic mass is 9.96. The van der Waals surface area contributed by atoms with Crippen LogP contribution in [-0.4, -0.2) is 27.4 Å². The summed E-state index contributed by atoms with van der Waals surface area (Å²) in [5, 5.41) is 16.1. The maximum atomic E-state index is 13.9. The van der Waals surface area contributed by atoms with E-state index in [1.54, 1.807) is 36.5 Å². The van der Waals surface area contributed by atoms with E-state index in [-0.39, 0.29) is 23.8 Å². The second-order valence-electron chi connectivity index (χ2n) is 10.5. The number of rotatable bonds is 10. The normalized spacial score (nSPS) is 11.4. The number of aryl methyl sites for hydroxylation is 1. The van der Waals surface area contributed by atoms with E-state index < -0.39 is 4.92 Å². The Labute approximate surface area is 263 Å². The summed E-state index contributed by atoms with van der Waals surface area (Å²) in [6.07, 6.45) is 1.57. The molecule has 0 unspecified atom stereocenters. The van der Waals surface area contributed by atoms with Crippen molar-refractivity contribution in [1.29, 1.82) is 0 Å². The van der Waals surface area contributed by atoms with Crippen molar-refractivity contribution in [3.8, 4) is 22.9 Å². The molecule has 4 aromatic carbocycles. The van der Waals surface area contributed by atoms with Crippen LogP contribution < -0.4 is 15.0 Å². The molecule has 0 spiro atoms. The second kappa shape index (κ2) is 13.2. The summed E-state index contributed by atoms with van der Waals surface area (Å²) in [5.74, 6) is 1.93. The van der Waals surface area contributed by atoms with Gasteiger partial charge in [-0.05, 0) is 91.1 Å². The van der Waals surface area contributed by atoms with Crippen LogP contribution in [0.15, 0.2) is 93.2 Å². The molecule has 5 aromatic rings. The third-order valence-electron chi connectivity index (χ3n) is 7.10. The van der Waals surface area contributed by atoms with Gasteiger partial charge in [0.1, 0.15) is 18.1 Å². The first-order valence-electron chi connectivity index (χ1n) is 14.2. The molecule has 0 radical (unpaired) electrons. The molecule has 0 aliphatic carbocycles. The highest BCUT2D eigenvalue weighted by molar-refractivity contribution is 9.10. The first-order valence-corrected chi connectivity index (χ1v) is 14.9. The summed E-state index contributed by atoms with van der Waals surface area (Å²) in [5.41, 5.74) is 4.37. The van der Waals surface area contributed by atoms with Crippen molar-refractivity contribution >= 4 is 38.7 Å². The highest BCUT2D eigenvalue weighted by Gasteiger charge is 2.19. The van der Waals surface area contributed by atoms with E-state index in [0.717, 1.165) is 32.5 Å². The van der Waals surface area contributed by atoms with E-state index >= 15 is 0 Å². The molecule has 0 aliphatic heterocycles. The fraction of sp³-hybridized carbons (Fsp3) is 0.206. The number of nitro groups is 1. The zero-order chi connectivity index (χ0) is 31.4. The molecule has 0 N–H and O–H groups in total. The van der Waals surface area contributed by atoms with E-state index in [1.165, 1.54) is 16.8 Å². The standard InChI is InChI=1S/C34H31BrN4O5/c1-5-43-32-16-22(4)29(18-28(32)21(2)3)33-37-30-9-7-6-8-27(30)34(40)38(33)36-19-24-17-25(35)12-15-31(24)44-20-23-10-13-26(14-11-23)39(41)42/h6-19,21H,5,20H2,1-4H3. The van der Waals surface area contributed by atoms with Crippen LogP contribution in [0.4, 0.5) is 5.69 Å². The van der Waals surface area contributed by atoms with Crippen LogP contribution in [0.1, 0.15) is 48.9 Å². The number of para-hydroxylation sites is 1. The van der Waals surface area contributed by atoms with Gasteiger partial charge in [0.05, 0.1) is 28.6 Å². The quantitative estimate of drug-likeness (QED) is 0.0857. The third-order valence-corrected chi connectivity index (χ3v) is 7.59. The molecule has 0 bridgehead atoms. The molecule has 0 atom stereocenters. The first kappa shape index (κ1) is 30.6. The SMILES string of the molecule is CCOc1cc(C)c(-c2nc3ccccc3c(=O)n2N=Cc2cc(Br)ccc2OCc2ccc([N+](=O)[O-])cc2)cc1C(C)C. The summed E-state index contributed by atoms with van der Waals surface area (Å²) < 4.78 is 14.1. The molecule has 44 heavy (non-hydrogen) atoms. The maximum Gasteiger partial charge on any atom is 0.282 e. The monoisotopic (exact) mass is 654 g/mol. The lowest BCUT2D eigenvalue weighted by Gasteiger charge is -2.18. The number of non-ortho nitro benzene ring substituents is 1. The number of hydrogen-bond donors (Lipinski definition) is 0. The number of nitrogens with zero attached hydrogens (tertiary/aromatic N) is 4. The van der Waals surface area contributed by atoms with Crippen LogP contribution in [0.2, 0.25) is 0 Å². The van der Waals surface area contributed by atoms with E-state index in [1.807, 2.05) is 50.2 Å². The lowest BCUT2D eigenvalue weighted by molar-refractivity contribution is -0.384. The predicted molar refractivity (Wildman–Crippen MR) is 176 cm³/mol. The predicted octanol–water partition coefficient (Wildman–Crippen LogP) is 8.03. The summed E-state index contributed by atoms with van der Waals surface area (Å²) in [7, 11) is 0. The topological polar surface area (TPSA) is 109 Å². The number of benzene rings is 4. The van der Waals surface area contributed by atoms with Crippen molar-refractivity contribution in [3.05, 3.63) is 126 Å². The van der Waals surface area contributed by atoms with Gasteiger partial charge in [0.2, 0.25) is 0 Å². The fourth-order valence-corrected chi connectivity index (χ4v) is 5.20. The largest absolute Gasteiger partial charge is 0.494 e. The van der Waals surface area contributed by atoms with Gasteiger partial charge in [0, 0.05) is 27.7 Å². The Hall–Kier alpha value is -4.83. The third kappa shape index (κ3) is 6.55. The minimum absolute atomic E-state index is 0.0127. The average Bonchev–Trinajstić information content (AvgIpc) is 3.00. The van der Waals surface area contributed by atoms with Crippen molar-refractivity contribution < 1.29 is 14.4 Å². The van der Waals surface area contributed by atoms with Gasteiger partial charge in [-0.3, -0.25) is 14.9 Å². The van der Waals surface area contributed by atoms with Crippen LogP contribution in [-0.2, 0) is 6.61 Å². The van der Waals surface area contributed by atoms with Crippen LogP contribution in [0.25, 0.3) is 22.3 Å². The highest BCUT2D eigenvalue weighted by atomic mass is 79.9. The van der Waals surface area contributed by atoms with Gasteiger partial charge in [0.15, 0.2) is 5.82 Å². The average molecular weight is 656 g/mol. The Morgan fingerprint density at radius 3 is 2.48 bits per heavy atom. The number of fused-ring (bicyclic) bond motifs is 1. The van der Waals surface area contributed by atoms with Gasteiger partial charge in [-0.25, -0.2) is 4.98 Å². The number of halogens is 1. The molecule has 9 nitrogen and oxygen atoms in total. The van der Waals surface area contributed by atoms with Crippen molar-refractivity contribution in [1.82, 2.24) is 9.66 Å². The van der Waals surface area contributed by atoms with Crippen molar-refractivity contribution in [3.63, 3.8) is 0 Å². The Balaban J connectivity index is 1.59. The number of ether oxygens (including phenoxy) is 2. The number of hydrogen-bond acceptors (Lipinski definition) is 7. The zero-order valence-corrected chi connectivity index (χ0v) is 26.4. The fourth-order valence-electron chi connectivity index (χ4n) is 4.82. The smallest absolute Gasteiger partial charge is 0.282 e. The molecule has 10 heteroatoms. The number of aromatic nitrogens is 2. The molecular weight excluding hydrogens is 624 g/mol. The molecular formula is C34H31BrN4O5. The summed E-state index contributed by atoms with van der Waals surface area (Å²) in [6.45, 7) is 8.85. The van der Waals surface area contributed by atoms with Crippen LogP contribution in [0, 0.1) is 17.0 Å². The van der Waals surface area contributed by atoms with Gasteiger partial charge in [-0.2, -0.15) is 9.78 Å². The van der Waals surface area contributed by atoms with E-state index in [4.69, 9.17) is 14.5 Å². The number of nitro benzene ring substituents is 1. The van der Waals surface area contributed by atoms with Crippen molar-refractivity contribution in [2.24, 2.45) is 5.10 Å². The summed E-state index contributed by atoms with van der Waals surface area (Å²) >= 11 is 3.51. The maximum absolute atomic E-state index is 13.9. The molecule has 0 aliphatic rings. The minimum Gasteiger partial charge on any atom is -0.494 e. The minimum atomic E-state index is -0.440. The first-order chi connectivity index (χ1) is 21.2. The molecule has 5 rings (SSSR count). The molecule has 0 amide bonds. The highest BCUT2D eigenvalue weighted by Crippen LogP contribution is 2.34. The molecule has 0 fully saturated rings. The molecule has 0 saturated heterocycles. The Kier molecular flexibility index (Phi) is 9.20. The van der Waals surface area contributed by atoms with E-state index in [9.17, 15) is 14.9 Å². The summed E-state index contributed by atoms with van der Waals surface area (Å²) in [6, 6.07) is 22.9. The Morgan fingerprint density at radius 2 is 1.77 bits per heavy atom. The van der Waals surface area contributed by atoms with Crippen LogP contribution in [0.3, 0.4) is 0 Å². The van der Waals surface area contributed by atoms with Gasteiger partial charge >= 0.3 is 0 Å². The van der Waals surface area contributed by atoms with Crippen molar-refractivity contribution in [2.75, 3.05) is 6.61 Å². The van der Waals surface area contributed by atoms with Gasteiger partial charge in [0.25, 0.3) is 11.2 Å². The van der Waals surface area contributed by atoms with Crippen LogP contribution >= 0.6 is 15.9 Å². The zero-order valence-electron chi connectivity index (χ0n) is 24.8. The van der Waals surface area contributed by atoms with Crippen molar-refractivity contribution in [2.45, 2.75) is 40.2 Å². The molecule has 1 heterocycles. The second-order valence-corrected chi connectivity index (χ2v) is 11.4. The Morgan fingerprint density at radius 1 is 1.02 bits per heavy atom. The Bertz CT molecular complexity index is 1930. The molecule has 0 saturated carbocycles. The van der Waals surface area contributed by atoms with Crippen LogP contribution in [0.5, 0.6) is 11.5 Å². The van der Waals surface area contributed by atoms with Gasteiger partial charge in [-0.15, -0.1) is 0 Å². The molecule has 224 valence electrons. The van der Waals surface area contributed by atoms with E-state index in [0.29, 0.717) is 34.6 Å².